The van der Waals surface area contributed by atoms with Gasteiger partial charge in [-0.3, -0.25) is 0 Å². The molecule has 0 aromatic heterocycles. The Hall–Kier alpha value is -0.300. The van der Waals surface area contributed by atoms with Gasteiger partial charge in [-0.1, -0.05) is 11.6 Å². The maximum Gasteiger partial charge on any atom is 0.242 e. The molecule has 2 rings (SSSR count). The molecule has 1 aromatic carbocycles. The average Bonchev–Trinajstić information content (AvgIpc) is 2.88. The lowest BCUT2D eigenvalue weighted by molar-refractivity contribution is 0.557. The highest BCUT2D eigenvalue weighted by molar-refractivity contribution is 9.10. The van der Waals surface area contributed by atoms with Gasteiger partial charge in [-0.15, -0.1) is 0 Å². The van der Waals surface area contributed by atoms with E-state index < -0.39 is 10.0 Å². The van der Waals surface area contributed by atoms with Crippen molar-refractivity contribution in [1.82, 2.24) is 4.72 Å². The average molecular weight is 340 g/mol. The van der Waals surface area contributed by atoms with E-state index in [2.05, 4.69) is 20.7 Å². The van der Waals surface area contributed by atoms with Crippen molar-refractivity contribution in [2.24, 2.45) is 0 Å². The van der Waals surface area contributed by atoms with Gasteiger partial charge in [-0.25, -0.2) is 13.1 Å². The van der Waals surface area contributed by atoms with Gasteiger partial charge in [-0.2, -0.15) is 0 Å². The molecule has 0 radical (unpaired) electrons. The minimum Gasteiger partial charge on any atom is -0.398 e. The van der Waals surface area contributed by atoms with Crippen LogP contribution >= 0.6 is 27.5 Å². The van der Waals surface area contributed by atoms with E-state index >= 15 is 0 Å². The molecule has 0 spiro atoms. The number of sulfonamides is 1. The molecule has 0 aliphatic heterocycles. The van der Waals surface area contributed by atoms with E-state index in [1.807, 2.05) is 6.92 Å². The SMILES string of the molecule is CC1(NS(=O)(=O)c2cc(Cl)cc(N)c2Br)CC1. The van der Waals surface area contributed by atoms with Crippen molar-refractivity contribution in [3.05, 3.63) is 21.6 Å². The Morgan fingerprint density at radius 1 is 1.47 bits per heavy atom. The Labute approximate surface area is 114 Å². The maximum atomic E-state index is 12.2. The molecule has 1 aromatic rings. The van der Waals surface area contributed by atoms with Gasteiger partial charge in [0.15, 0.2) is 0 Å². The van der Waals surface area contributed by atoms with Crippen LogP contribution in [0.15, 0.2) is 21.5 Å². The van der Waals surface area contributed by atoms with Gasteiger partial charge in [0.1, 0.15) is 0 Å². The van der Waals surface area contributed by atoms with Crippen LogP contribution in [0.4, 0.5) is 5.69 Å². The van der Waals surface area contributed by atoms with Gasteiger partial charge >= 0.3 is 0 Å². The van der Waals surface area contributed by atoms with E-state index in [9.17, 15) is 8.42 Å². The van der Waals surface area contributed by atoms with Crippen LogP contribution in [0.25, 0.3) is 0 Å². The third-order valence-corrected chi connectivity index (χ3v) is 5.73. The first-order valence-electron chi connectivity index (χ1n) is 5.02. The molecule has 94 valence electrons. The molecule has 0 amide bonds. The Balaban J connectivity index is 2.45. The third kappa shape index (κ3) is 2.76. The van der Waals surface area contributed by atoms with Gasteiger partial charge in [0, 0.05) is 16.2 Å². The summed E-state index contributed by atoms with van der Waals surface area (Å²) in [4.78, 5) is 0.0793. The quantitative estimate of drug-likeness (QED) is 0.831. The second kappa shape index (κ2) is 4.12. The van der Waals surface area contributed by atoms with Crippen LogP contribution in [0.5, 0.6) is 0 Å². The van der Waals surface area contributed by atoms with Crippen LogP contribution in [0.3, 0.4) is 0 Å². The zero-order valence-electron chi connectivity index (χ0n) is 9.13. The first-order chi connectivity index (χ1) is 7.73. The standard InChI is InChI=1S/C10H12BrClN2O2S/c1-10(2-3-10)14-17(15,16)8-5-6(12)4-7(13)9(8)11/h4-5,14H,2-3,13H2,1H3. The Morgan fingerprint density at radius 3 is 2.59 bits per heavy atom. The van der Waals surface area contributed by atoms with E-state index in [0.29, 0.717) is 15.2 Å². The molecular formula is C10H12BrClN2O2S. The Kier molecular flexibility index (Phi) is 3.18. The lowest BCUT2D eigenvalue weighted by atomic mass is 10.3. The van der Waals surface area contributed by atoms with Crippen molar-refractivity contribution in [2.45, 2.75) is 30.2 Å². The van der Waals surface area contributed by atoms with Crippen molar-refractivity contribution >= 4 is 43.2 Å². The molecule has 1 saturated carbocycles. The molecule has 0 unspecified atom stereocenters. The molecule has 1 aliphatic carbocycles. The number of benzene rings is 1. The summed E-state index contributed by atoms with van der Waals surface area (Å²) >= 11 is 9.00. The molecule has 1 aliphatic rings. The van der Waals surface area contributed by atoms with Crippen molar-refractivity contribution < 1.29 is 8.42 Å². The lowest BCUT2D eigenvalue weighted by Gasteiger charge is -2.14. The fourth-order valence-electron chi connectivity index (χ4n) is 1.45. The number of nitrogens with one attached hydrogen (secondary N) is 1. The monoisotopic (exact) mass is 338 g/mol. The van der Waals surface area contributed by atoms with Crippen LogP contribution in [0.2, 0.25) is 5.02 Å². The van der Waals surface area contributed by atoms with Crippen LogP contribution in [0.1, 0.15) is 19.8 Å². The molecule has 17 heavy (non-hydrogen) atoms. The number of hydrogen-bond acceptors (Lipinski definition) is 3. The lowest BCUT2D eigenvalue weighted by Crippen LogP contribution is -2.34. The predicted octanol–water partition coefficient (Wildman–Crippen LogP) is 2.52. The summed E-state index contributed by atoms with van der Waals surface area (Å²) in [5.74, 6) is 0. The fourth-order valence-corrected chi connectivity index (χ4v) is 4.21. The molecule has 0 bridgehead atoms. The van der Waals surface area contributed by atoms with E-state index in [4.69, 9.17) is 17.3 Å². The highest BCUT2D eigenvalue weighted by Crippen LogP contribution is 2.38. The van der Waals surface area contributed by atoms with Crippen LogP contribution in [0, 0.1) is 0 Å². The summed E-state index contributed by atoms with van der Waals surface area (Å²) in [7, 11) is -3.59. The fraction of sp³-hybridized carbons (Fsp3) is 0.400. The Morgan fingerprint density at radius 2 is 2.06 bits per heavy atom. The van der Waals surface area contributed by atoms with Gasteiger partial charge in [-0.05, 0) is 47.8 Å². The summed E-state index contributed by atoms with van der Waals surface area (Å²) in [6, 6.07) is 2.89. The molecule has 1 fully saturated rings. The zero-order chi connectivity index (χ0) is 12.8. The van der Waals surface area contributed by atoms with Crippen LogP contribution in [-0.4, -0.2) is 14.0 Å². The number of anilines is 1. The number of halogens is 2. The molecular weight excluding hydrogens is 328 g/mol. The first-order valence-corrected chi connectivity index (χ1v) is 7.67. The molecule has 7 heteroatoms. The van der Waals surface area contributed by atoms with E-state index in [1.165, 1.54) is 12.1 Å². The molecule has 4 nitrogen and oxygen atoms in total. The van der Waals surface area contributed by atoms with Crippen molar-refractivity contribution in [3.63, 3.8) is 0 Å². The second-order valence-corrected chi connectivity index (χ2v) is 7.35. The molecule has 0 saturated heterocycles. The van der Waals surface area contributed by atoms with Gasteiger partial charge < -0.3 is 5.73 Å². The van der Waals surface area contributed by atoms with Crippen LogP contribution < -0.4 is 10.5 Å². The van der Waals surface area contributed by atoms with E-state index in [-0.39, 0.29) is 10.4 Å². The topological polar surface area (TPSA) is 72.2 Å². The summed E-state index contributed by atoms with van der Waals surface area (Å²) in [6.07, 6.45) is 1.69. The summed E-state index contributed by atoms with van der Waals surface area (Å²) < 4.78 is 27.3. The third-order valence-electron chi connectivity index (χ3n) is 2.70. The summed E-state index contributed by atoms with van der Waals surface area (Å²) in [5.41, 5.74) is 5.65. The number of hydrogen-bond donors (Lipinski definition) is 2. The van der Waals surface area contributed by atoms with Crippen LogP contribution in [-0.2, 0) is 10.0 Å². The van der Waals surface area contributed by atoms with Crippen molar-refractivity contribution in [3.8, 4) is 0 Å². The highest BCUT2D eigenvalue weighted by Gasteiger charge is 2.41. The van der Waals surface area contributed by atoms with E-state index in [1.54, 1.807) is 0 Å². The number of nitrogen functional groups attached to an aromatic ring is 1. The van der Waals surface area contributed by atoms with E-state index in [0.717, 1.165) is 12.8 Å². The van der Waals surface area contributed by atoms with Crippen molar-refractivity contribution in [2.75, 3.05) is 5.73 Å². The second-order valence-electron chi connectivity index (χ2n) is 4.47. The van der Waals surface area contributed by atoms with Gasteiger partial charge in [0.2, 0.25) is 10.0 Å². The number of nitrogens with two attached hydrogens (primary N) is 1. The van der Waals surface area contributed by atoms with Gasteiger partial charge in [0.05, 0.1) is 9.37 Å². The minimum atomic E-state index is -3.59. The van der Waals surface area contributed by atoms with Gasteiger partial charge in [0.25, 0.3) is 0 Å². The smallest absolute Gasteiger partial charge is 0.242 e. The predicted molar refractivity (Wildman–Crippen MR) is 71.5 cm³/mol. The molecule has 3 N–H and O–H groups in total. The number of rotatable bonds is 3. The largest absolute Gasteiger partial charge is 0.398 e. The molecule has 0 atom stereocenters. The zero-order valence-corrected chi connectivity index (χ0v) is 12.3. The normalized spacial score (nSPS) is 18.1. The Bertz CT molecular complexity index is 570. The summed E-state index contributed by atoms with van der Waals surface area (Å²) in [5, 5.41) is 0.298. The minimum absolute atomic E-state index is 0.0793. The molecule has 0 heterocycles. The summed E-state index contributed by atoms with van der Waals surface area (Å²) in [6.45, 7) is 1.87. The highest BCUT2D eigenvalue weighted by atomic mass is 79.9. The maximum absolute atomic E-state index is 12.2. The van der Waals surface area contributed by atoms with Crippen molar-refractivity contribution in [1.29, 1.82) is 0 Å². The first kappa shape index (κ1) is 13.1.